The fourth-order valence-electron chi connectivity index (χ4n) is 5.52. The van der Waals surface area contributed by atoms with Crippen molar-refractivity contribution in [2.45, 2.75) is 57.8 Å². The molecular formula is C22H28N5OS+. The molecule has 1 aliphatic carbocycles. The zero-order valence-electron chi connectivity index (χ0n) is 16.7. The number of benzene rings is 1. The summed E-state index contributed by atoms with van der Waals surface area (Å²) in [7, 11) is 0. The van der Waals surface area contributed by atoms with Gasteiger partial charge >= 0.3 is 0 Å². The summed E-state index contributed by atoms with van der Waals surface area (Å²) in [4.78, 5) is 14.6. The number of quaternary nitrogens is 1. The fourth-order valence-corrected chi connectivity index (χ4v) is 5.81. The Morgan fingerprint density at radius 2 is 2.00 bits per heavy atom. The summed E-state index contributed by atoms with van der Waals surface area (Å²) in [5.41, 5.74) is 0.783. The minimum absolute atomic E-state index is 0.0437. The minimum atomic E-state index is -0.0437. The standard InChI is InChI=1S/C22H27N5OS/c1-2-13-25-20(28)17-10-4-6-12-19(17)27-21(25)23-26(22(27)29)15-24-14-7-9-16-8-3-5-11-18(16)24/h2,4,6,10,12,16,18H,1,3,5,7-9,11,13-15H2/p+1/t16-,18-/m0/s1. The molecule has 0 radical (unpaired) electrons. The van der Waals surface area contributed by atoms with Crippen LogP contribution in [-0.2, 0) is 13.2 Å². The lowest BCUT2D eigenvalue weighted by atomic mass is 9.78. The lowest BCUT2D eigenvalue weighted by Crippen LogP contribution is -3.17. The highest BCUT2D eigenvalue weighted by Gasteiger charge is 2.37. The van der Waals surface area contributed by atoms with Crippen molar-refractivity contribution in [2.75, 3.05) is 6.54 Å². The third-order valence-corrected chi connectivity index (χ3v) is 7.25. The van der Waals surface area contributed by atoms with E-state index in [0.29, 0.717) is 22.5 Å². The van der Waals surface area contributed by atoms with E-state index < -0.39 is 0 Å². The van der Waals surface area contributed by atoms with E-state index in [1.165, 1.54) is 45.1 Å². The summed E-state index contributed by atoms with van der Waals surface area (Å²) in [5.74, 6) is 1.45. The molecule has 1 aromatic carbocycles. The van der Waals surface area contributed by atoms with Gasteiger partial charge in [0.25, 0.3) is 5.56 Å². The molecule has 7 heteroatoms. The molecule has 3 aromatic rings. The van der Waals surface area contributed by atoms with Crippen LogP contribution in [0.2, 0.25) is 0 Å². The highest BCUT2D eigenvalue weighted by molar-refractivity contribution is 7.71. The monoisotopic (exact) mass is 410 g/mol. The molecule has 1 N–H and O–H groups in total. The summed E-state index contributed by atoms with van der Waals surface area (Å²) >= 11 is 5.87. The summed E-state index contributed by atoms with van der Waals surface area (Å²) in [6, 6.07) is 8.37. The number of nitrogens with one attached hydrogen (secondary N) is 1. The van der Waals surface area contributed by atoms with Crippen molar-refractivity contribution < 1.29 is 4.90 Å². The molecule has 0 amide bonds. The van der Waals surface area contributed by atoms with Gasteiger partial charge in [0.2, 0.25) is 10.5 Å². The van der Waals surface area contributed by atoms with E-state index in [4.69, 9.17) is 17.3 Å². The maximum atomic E-state index is 13.0. The van der Waals surface area contributed by atoms with Gasteiger partial charge in [-0.1, -0.05) is 24.6 Å². The molecule has 6 nitrogen and oxygen atoms in total. The van der Waals surface area contributed by atoms with E-state index in [9.17, 15) is 4.79 Å². The van der Waals surface area contributed by atoms with Crippen LogP contribution in [0.5, 0.6) is 0 Å². The Morgan fingerprint density at radius 1 is 1.21 bits per heavy atom. The second-order valence-electron chi connectivity index (χ2n) is 8.50. The Hall–Kier alpha value is -2.25. The first-order chi connectivity index (χ1) is 14.2. The normalized spacial score (nSPS) is 24.6. The first kappa shape index (κ1) is 18.8. The number of piperidine rings is 1. The molecule has 1 saturated carbocycles. The predicted molar refractivity (Wildman–Crippen MR) is 117 cm³/mol. The zero-order valence-corrected chi connectivity index (χ0v) is 17.5. The van der Waals surface area contributed by atoms with E-state index in [1.54, 1.807) is 15.5 Å². The molecule has 3 heterocycles. The van der Waals surface area contributed by atoms with E-state index in [2.05, 4.69) is 6.58 Å². The van der Waals surface area contributed by atoms with Crippen molar-refractivity contribution in [3.63, 3.8) is 0 Å². The van der Waals surface area contributed by atoms with Gasteiger partial charge in [-0.15, -0.1) is 11.7 Å². The summed E-state index contributed by atoms with van der Waals surface area (Å²) in [6.07, 6.45) is 9.78. The van der Waals surface area contributed by atoms with Crippen LogP contribution >= 0.6 is 12.2 Å². The van der Waals surface area contributed by atoms with Gasteiger partial charge < -0.3 is 4.90 Å². The van der Waals surface area contributed by atoms with Gasteiger partial charge in [0.05, 0.1) is 23.5 Å². The second kappa shape index (κ2) is 7.54. The molecule has 152 valence electrons. The molecule has 0 bridgehead atoms. The number of hydrogen-bond acceptors (Lipinski definition) is 3. The Kier molecular flexibility index (Phi) is 4.87. The van der Waals surface area contributed by atoms with Gasteiger partial charge in [-0.3, -0.25) is 13.8 Å². The summed E-state index contributed by atoms with van der Waals surface area (Å²) in [5, 5.41) is 5.51. The third-order valence-electron chi connectivity index (χ3n) is 6.85. The van der Waals surface area contributed by atoms with E-state index in [-0.39, 0.29) is 5.56 Å². The van der Waals surface area contributed by atoms with E-state index in [1.807, 2.05) is 33.3 Å². The van der Waals surface area contributed by atoms with Crippen LogP contribution in [0.3, 0.4) is 0 Å². The highest BCUT2D eigenvalue weighted by atomic mass is 32.1. The van der Waals surface area contributed by atoms with Crippen molar-refractivity contribution >= 4 is 28.9 Å². The molecular weight excluding hydrogens is 382 g/mol. The molecule has 1 unspecified atom stereocenters. The highest BCUT2D eigenvalue weighted by Crippen LogP contribution is 2.28. The van der Waals surface area contributed by atoms with Crippen LogP contribution < -0.4 is 10.5 Å². The number of para-hydroxylation sites is 1. The average Bonchev–Trinajstić information content (AvgIpc) is 3.07. The summed E-state index contributed by atoms with van der Waals surface area (Å²) in [6.45, 7) is 6.19. The van der Waals surface area contributed by atoms with Crippen LogP contribution in [0.15, 0.2) is 41.7 Å². The van der Waals surface area contributed by atoms with Gasteiger partial charge in [-0.25, -0.2) is 0 Å². The topological polar surface area (TPSA) is 48.7 Å². The zero-order chi connectivity index (χ0) is 20.0. The van der Waals surface area contributed by atoms with Crippen LogP contribution in [0.4, 0.5) is 0 Å². The van der Waals surface area contributed by atoms with Crippen molar-refractivity contribution in [1.29, 1.82) is 0 Å². The van der Waals surface area contributed by atoms with Crippen molar-refractivity contribution in [3.05, 3.63) is 52.0 Å². The molecule has 3 atom stereocenters. The maximum absolute atomic E-state index is 13.0. The number of allylic oxidation sites excluding steroid dienone is 1. The van der Waals surface area contributed by atoms with Crippen molar-refractivity contribution in [1.82, 2.24) is 18.7 Å². The number of hydrogen-bond donors (Lipinski definition) is 1. The van der Waals surface area contributed by atoms with Gasteiger partial charge in [0, 0.05) is 12.5 Å². The third kappa shape index (κ3) is 3.07. The molecule has 1 saturated heterocycles. The first-order valence-electron chi connectivity index (χ1n) is 10.8. The smallest absolute Gasteiger partial charge is 0.263 e. The number of likely N-dealkylation sites (tertiary alicyclic amines) is 1. The SMILES string of the molecule is C=CCn1c(=O)c2ccccc2n2c(=S)n(C[NH+]3CCC[C@@H]4CCCC[C@@H]43)nc12. The van der Waals surface area contributed by atoms with Gasteiger partial charge in [-0.05, 0) is 56.5 Å². The predicted octanol–water partition coefficient (Wildman–Crippen LogP) is 2.56. The van der Waals surface area contributed by atoms with Gasteiger partial charge in [-0.2, -0.15) is 4.68 Å². The van der Waals surface area contributed by atoms with E-state index >= 15 is 0 Å². The Bertz CT molecular complexity index is 1190. The molecule has 2 aliphatic rings. The Labute approximate surface area is 175 Å². The van der Waals surface area contributed by atoms with Crippen LogP contribution in [-0.4, -0.2) is 31.3 Å². The second-order valence-corrected chi connectivity index (χ2v) is 8.86. The van der Waals surface area contributed by atoms with Crippen LogP contribution in [0.1, 0.15) is 38.5 Å². The van der Waals surface area contributed by atoms with Crippen LogP contribution in [0.25, 0.3) is 16.7 Å². The Morgan fingerprint density at radius 3 is 2.86 bits per heavy atom. The van der Waals surface area contributed by atoms with Crippen molar-refractivity contribution in [3.8, 4) is 0 Å². The largest absolute Gasteiger partial charge is 0.314 e. The molecule has 29 heavy (non-hydrogen) atoms. The maximum Gasteiger partial charge on any atom is 0.263 e. The Balaban J connectivity index is 1.64. The van der Waals surface area contributed by atoms with Gasteiger partial charge in [0.1, 0.15) is 0 Å². The molecule has 1 aliphatic heterocycles. The lowest BCUT2D eigenvalue weighted by molar-refractivity contribution is -0.958. The van der Waals surface area contributed by atoms with E-state index in [0.717, 1.165) is 24.1 Å². The summed E-state index contributed by atoms with van der Waals surface area (Å²) < 4.78 is 6.25. The van der Waals surface area contributed by atoms with Crippen LogP contribution in [0, 0.1) is 10.7 Å². The first-order valence-corrected chi connectivity index (χ1v) is 11.2. The minimum Gasteiger partial charge on any atom is -0.314 e. The fraction of sp³-hybridized carbons (Fsp3) is 0.500. The number of rotatable bonds is 4. The molecule has 2 fully saturated rings. The number of nitrogens with zero attached hydrogens (tertiary/aromatic N) is 4. The molecule has 2 aromatic heterocycles. The molecule has 5 rings (SSSR count). The number of aromatic nitrogens is 4. The van der Waals surface area contributed by atoms with Gasteiger partial charge in [0.15, 0.2) is 6.67 Å². The molecule has 0 spiro atoms. The average molecular weight is 411 g/mol. The lowest BCUT2D eigenvalue weighted by Gasteiger charge is -2.40. The quantitative estimate of drug-likeness (QED) is 0.531. The van der Waals surface area contributed by atoms with Crippen molar-refractivity contribution in [2.24, 2.45) is 5.92 Å². The number of fused-ring (bicyclic) bond motifs is 4.